The zero-order valence-electron chi connectivity index (χ0n) is 11.7. The fourth-order valence-electron chi connectivity index (χ4n) is 1.38. The van der Waals surface area contributed by atoms with Gasteiger partial charge in [-0.25, -0.2) is 0 Å². The van der Waals surface area contributed by atoms with E-state index in [1.54, 1.807) is 0 Å². The minimum absolute atomic E-state index is 0.0930. The highest BCUT2D eigenvalue weighted by atomic mass is 16.5. The Labute approximate surface area is 114 Å². The van der Waals surface area contributed by atoms with Crippen LogP contribution >= 0.6 is 0 Å². The molecule has 19 heavy (non-hydrogen) atoms. The van der Waals surface area contributed by atoms with Crippen LogP contribution in [0.1, 0.15) is 12.5 Å². The minimum Gasteiger partial charge on any atom is -0.378 e. The molecule has 1 aromatic rings. The average Bonchev–Trinajstić information content (AvgIpc) is 2.41. The van der Waals surface area contributed by atoms with Crippen LogP contribution in [0.3, 0.4) is 0 Å². The van der Waals surface area contributed by atoms with E-state index in [2.05, 4.69) is 17.2 Å². The van der Waals surface area contributed by atoms with E-state index in [-0.39, 0.29) is 12.5 Å². The molecular weight excluding hydrogens is 240 g/mol. The molecule has 0 atom stereocenters. The van der Waals surface area contributed by atoms with Crippen LogP contribution in [0.15, 0.2) is 24.3 Å². The summed E-state index contributed by atoms with van der Waals surface area (Å²) in [5.41, 5.74) is 2.07. The molecule has 4 nitrogen and oxygen atoms in total. The lowest BCUT2D eigenvalue weighted by molar-refractivity contribution is -0.125. The maximum Gasteiger partial charge on any atom is 0.246 e. The number of carbonyl (C=O) groups is 1. The molecule has 0 heterocycles. The Bertz CT molecular complexity index is 455. The Hall–Kier alpha value is -1.99. The van der Waals surface area contributed by atoms with Crippen LogP contribution < -0.4 is 10.2 Å². The molecule has 0 spiro atoms. The molecule has 1 aromatic carbocycles. The van der Waals surface area contributed by atoms with Gasteiger partial charge in [-0.15, -0.1) is 0 Å². The Morgan fingerprint density at radius 2 is 2.00 bits per heavy atom. The van der Waals surface area contributed by atoms with E-state index >= 15 is 0 Å². The van der Waals surface area contributed by atoms with E-state index in [1.807, 2.05) is 50.2 Å². The van der Waals surface area contributed by atoms with Crippen molar-refractivity contribution < 1.29 is 9.53 Å². The number of anilines is 1. The average molecular weight is 260 g/mol. The van der Waals surface area contributed by atoms with Gasteiger partial charge in [0.1, 0.15) is 6.61 Å². The van der Waals surface area contributed by atoms with Crippen LogP contribution in [0.4, 0.5) is 5.69 Å². The first kappa shape index (κ1) is 15.1. The fraction of sp³-hybridized carbons (Fsp3) is 0.400. The van der Waals surface area contributed by atoms with Gasteiger partial charge in [0.15, 0.2) is 0 Å². The van der Waals surface area contributed by atoms with E-state index in [9.17, 15) is 4.79 Å². The molecule has 1 N–H and O–H groups in total. The maximum atomic E-state index is 11.2. The van der Waals surface area contributed by atoms with Gasteiger partial charge in [0, 0.05) is 32.0 Å². The summed E-state index contributed by atoms with van der Waals surface area (Å²) < 4.78 is 4.98. The third kappa shape index (κ3) is 5.94. The van der Waals surface area contributed by atoms with Crippen LogP contribution in [-0.4, -0.2) is 39.8 Å². The number of benzene rings is 1. The standard InChI is InChI=1S/C15H20N2O2/c1-4-19-12-15(18)16-11-5-6-13-7-9-14(10-8-13)17(2)3/h7-10H,4,11-12H2,1-3H3,(H,16,18). The predicted octanol–water partition coefficient (Wildman–Crippen LogP) is 1.26. The molecule has 0 aliphatic rings. The lowest BCUT2D eigenvalue weighted by atomic mass is 10.2. The first-order valence-electron chi connectivity index (χ1n) is 6.24. The van der Waals surface area contributed by atoms with E-state index in [4.69, 9.17) is 4.74 Å². The minimum atomic E-state index is -0.140. The summed E-state index contributed by atoms with van der Waals surface area (Å²) in [7, 11) is 3.99. The number of carbonyl (C=O) groups excluding carboxylic acids is 1. The van der Waals surface area contributed by atoms with Gasteiger partial charge in [-0.2, -0.15) is 0 Å². The summed E-state index contributed by atoms with van der Waals surface area (Å²) in [6.45, 7) is 2.82. The Kier molecular flexibility index (Phi) is 6.48. The molecule has 0 bridgehead atoms. The molecule has 0 aliphatic carbocycles. The summed E-state index contributed by atoms with van der Waals surface area (Å²) in [5.74, 6) is 5.77. The summed E-state index contributed by atoms with van der Waals surface area (Å²) >= 11 is 0. The van der Waals surface area contributed by atoms with Gasteiger partial charge < -0.3 is 15.0 Å². The van der Waals surface area contributed by atoms with Crippen molar-refractivity contribution in [2.75, 3.05) is 38.8 Å². The molecule has 0 radical (unpaired) electrons. The second-order valence-corrected chi connectivity index (χ2v) is 4.16. The predicted molar refractivity (Wildman–Crippen MR) is 77.1 cm³/mol. The summed E-state index contributed by atoms with van der Waals surface area (Å²) in [5, 5.41) is 2.67. The normalized spacial score (nSPS) is 9.42. The topological polar surface area (TPSA) is 41.6 Å². The number of ether oxygens (including phenoxy) is 1. The number of nitrogens with one attached hydrogen (secondary N) is 1. The highest BCUT2D eigenvalue weighted by Crippen LogP contribution is 2.11. The maximum absolute atomic E-state index is 11.2. The first-order valence-corrected chi connectivity index (χ1v) is 6.24. The van der Waals surface area contributed by atoms with Gasteiger partial charge in [0.2, 0.25) is 5.91 Å². The first-order chi connectivity index (χ1) is 9.13. The monoisotopic (exact) mass is 260 g/mol. The van der Waals surface area contributed by atoms with Gasteiger partial charge in [-0.3, -0.25) is 4.79 Å². The Balaban J connectivity index is 2.39. The van der Waals surface area contributed by atoms with Gasteiger partial charge in [-0.1, -0.05) is 11.8 Å². The van der Waals surface area contributed by atoms with Crippen molar-refractivity contribution in [2.24, 2.45) is 0 Å². The molecule has 0 aromatic heterocycles. The van der Waals surface area contributed by atoms with Gasteiger partial charge in [-0.05, 0) is 31.2 Å². The molecule has 102 valence electrons. The zero-order chi connectivity index (χ0) is 14.1. The molecule has 0 saturated heterocycles. The molecule has 0 fully saturated rings. The van der Waals surface area contributed by atoms with Gasteiger partial charge in [0.25, 0.3) is 0 Å². The molecule has 0 aliphatic heterocycles. The summed E-state index contributed by atoms with van der Waals surface area (Å²) in [4.78, 5) is 13.3. The van der Waals surface area contributed by atoms with E-state index in [0.717, 1.165) is 11.3 Å². The number of hydrogen-bond acceptors (Lipinski definition) is 3. The molecule has 4 heteroatoms. The molecule has 1 rings (SSSR count). The highest BCUT2D eigenvalue weighted by molar-refractivity contribution is 5.77. The van der Waals surface area contributed by atoms with Crippen molar-refractivity contribution in [3.05, 3.63) is 29.8 Å². The van der Waals surface area contributed by atoms with Crippen molar-refractivity contribution in [1.82, 2.24) is 5.32 Å². The third-order valence-corrected chi connectivity index (χ3v) is 2.43. The second-order valence-electron chi connectivity index (χ2n) is 4.16. The Morgan fingerprint density at radius 1 is 1.32 bits per heavy atom. The van der Waals surface area contributed by atoms with Crippen molar-refractivity contribution in [2.45, 2.75) is 6.92 Å². The van der Waals surface area contributed by atoms with Crippen molar-refractivity contribution in [3.8, 4) is 11.8 Å². The molecule has 0 saturated carbocycles. The van der Waals surface area contributed by atoms with Crippen LogP contribution in [-0.2, 0) is 9.53 Å². The molecule has 0 unspecified atom stereocenters. The van der Waals surface area contributed by atoms with E-state index in [1.165, 1.54) is 0 Å². The second kappa shape index (κ2) is 8.17. The SMILES string of the molecule is CCOCC(=O)NCC#Cc1ccc(N(C)C)cc1. The summed E-state index contributed by atoms with van der Waals surface area (Å²) in [6.07, 6.45) is 0. The van der Waals surface area contributed by atoms with Gasteiger partial charge in [0.05, 0.1) is 6.54 Å². The number of hydrogen-bond donors (Lipinski definition) is 1. The smallest absolute Gasteiger partial charge is 0.246 e. The quantitative estimate of drug-likeness (QED) is 0.810. The number of rotatable bonds is 5. The van der Waals surface area contributed by atoms with Crippen LogP contribution in [0.5, 0.6) is 0 Å². The van der Waals surface area contributed by atoms with Crippen LogP contribution in [0.2, 0.25) is 0 Å². The zero-order valence-corrected chi connectivity index (χ0v) is 11.7. The van der Waals surface area contributed by atoms with Crippen molar-refractivity contribution in [3.63, 3.8) is 0 Å². The largest absolute Gasteiger partial charge is 0.378 e. The lowest BCUT2D eigenvalue weighted by Crippen LogP contribution is -2.27. The third-order valence-electron chi connectivity index (χ3n) is 2.43. The fourth-order valence-corrected chi connectivity index (χ4v) is 1.38. The highest BCUT2D eigenvalue weighted by Gasteiger charge is 1.97. The van der Waals surface area contributed by atoms with E-state index in [0.29, 0.717) is 13.2 Å². The summed E-state index contributed by atoms with van der Waals surface area (Å²) in [6, 6.07) is 7.95. The molecular formula is C15H20N2O2. The number of nitrogens with zero attached hydrogens (tertiary/aromatic N) is 1. The lowest BCUT2D eigenvalue weighted by Gasteiger charge is -2.11. The Morgan fingerprint density at radius 3 is 2.58 bits per heavy atom. The van der Waals surface area contributed by atoms with Crippen LogP contribution in [0, 0.1) is 11.8 Å². The van der Waals surface area contributed by atoms with Gasteiger partial charge >= 0.3 is 0 Å². The van der Waals surface area contributed by atoms with Crippen LogP contribution in [0.25, 0.3) is 0 Å². The van der Waals surface area contributed by atoms with Crippen molar-refractivity contribution in [1.29, 1.82) is 0 Å². The number of amides is 1. The van der Waals surface area contributed by atoms with Crippen molar-refractivity contribution >= 4 is 11.6 Å². The molecule has 1 amide bonds. The van der Waals surface area contributed by atoms with E-state index < -0.39 is 0 Å².